The SMILES string of the molecule is CC(C)(C)OC(=O)N1[C]=CSC1. The number of thioether (sulfide) groups is 1. The second-order valence-corrected chi connectivity index (χ2v) is 4.28. The first-order chi connectivity index (χ1) is 5.49. The summed E-state index contributed by atoms with van der Waals surface area (Å²) in [7, 11) is 0. The van der Waals surface area contributed by atoms with Gasteiger partial charge in [-0.15, -0.1) is 11.8 Å². The van der Waals surface area contributed by atoms with Crippen LogP contribution in [0.25, 0.3) is 0 Å². The molecule has 0 saturated heterocycles. The summed E-state index contributed by atoms with van der Waals surface area (Å²) in [5.74, 6) is 0.606. The molecule has 0 spiro atoms. The molecule has 0 N–H and O–H groups in total. The normalized spacial score (nSPS) is 16.8. The lowest BCUT2D eigenvalue weighted by Crippen LogP contribution is -2.32. The molecule has 12 heavy (non-hydrogen) atoms. The van der Waals surface area contributed by atoms with E-state index in [1.165, 1.54) is 16.7 Å². The van der Waals surface area contributed by atoms with E-state index in [-0.39, 0.29) is 6.09 Å². The maximum atomic E-state index is 11.3. The number of hydrogen-bond donors (Lipinski definition) is 0. The predicted octanol–water partition coefficient (Wildman–Crippen LogP) is 2.20. The molecule has 0 aromatic carbocycles. The van der Waals surface area contributed by atoms with Crippen LogP contribution in [0.5, 0.6) is 0 Å². The number of ether oxygens (including phenoxy) is 1. The first-order valence-electron chi connectivity index (χ1n) is 3.69. The number of amides is 1. The quantitative estimate of drug-likeness (QED) is 0.581. The van der Waals surface area contributed by atoms with Gasteiger partial charge in [-0.3, -0.25) is 4.90 Å². The van der Waals surface area contributed by atoms with E-state index >= 15 is 0 Å². The number of carbonyl (C=O) groups excluding carboxylic acids is 1. The summed E-state index contributed by atoms with van der Waals surface area (Å²) in [5, 5.41) is 1.75. The van der Waals surface area contributed by atoms with Gasteiger partial charge in [0, 0.05) is 0 Å². The summed E-state index contributed by atoms with van der Waals surface area (Å²) < 4.78 is 5.11. The zero-order valence-electron chi connectivity index (χ0n) is 7.46. The molecule has 0 aromatic heterocycles. The van der Waals surface area contributed by atoms with Gasteiger partial charge in [-0.2, -0.15) is 0 Å². The van der Waals surface area contributed by atoms with Crippen LogP contribution in [0.2, 0.25) is 0 Å². The van der Waals surface area contributed by atoms with Gasteiger partial charge in [0.25, 0.3) is 0 Å². The van der Waals surface area contributed by atoms with Crippen molar-refractivity contribution in [3.63, 3.8) is 0 Å². The molecule has 1 rings (SSSR count). The Morgan fingerprint density at radius 3 is 2.75 bits per heavy atom. The summed E-state index contributed by atoms with van der Waals surface area (Å²) in [5.41, 5.74) is -0.425. The monoisotopic (exact) mass is 186 g/mol. The van der Waals surface area contributed by atoms with Gasteiger partial charge in [0.05, 0.1) is 12.1 Å². The van der Waals surface area contributed by atoms with E-state index < -0.39 is 5.60 Å². The van der Waals surface area contributed by atoms with E-state index in [1.54, 1.807) is 5.41 Å². The van der Waals surface area contributed by atoms with Crippen LogP contribution in [-0.4, -0.2) is 22.5 Å². The Kier molecular flexibility index (Phi) is 2.67. The summed E-state index contributed by atoms with van der Waals surface area (Å²) >= 11 is 1.53. The molecule has 0 fully saturated rings. The molecule has 0 bridgehead atoms. The van der Waals surface area contributed by atoms with Crippen molar-refractivity contribution in [1.82, 2.24) is 4.90 Å². The fraction of sp³-hybridized carbons (Fsp3) is 0.625. The van der Waals surface area contributed by atoms with Gasteiger partial charge in [-0.1, -0.05) is 0 Å². The molecule has 0 atom stereocenters. The Morgan fingerprint density at radius 1 is 1.67 bits per heavy atom. The summed E-state index contributed by atoms with van der Waals surface area (Å²) in [4.78, 5) is 12.7. The van der Waals surface area contributed by atoms with E-state index in [1.807, 2.05) is 20.8 Å². The molecular weight excluding hydrogens is 174 g/mol. The Balaban J connectivity index is 2.43. The number of rotatable bonds is 0. The van der Waals surface area contributed by atoms with Crippen LogP contribution in [0.15, 0.2) is 5.41 Å². The van der Waals surface area contributed by atoms with E-state index in [0.29, 0.717) is 5.88 Å². The van der Waals surface area contributed by atoms with E-state index in [2.05, 4.69) is 6.20 Å². The highest BCUT2D eigenvalue weighted by atomic mass is 32.2. The number of hydrogen-bond acceptors (Lipinski definition) is 3. The smallest absolute Gasteiger partial charge is 0.415 e. The molecule has 4 heteroatoms. The van der Waals surface area contributed by atoms with Crippen molar-refractivity contribution in [2.75, 3.05) is 5.88 Å². The zero-order chi connectivity index (χ0) is 9.19. The average molecular weight is 186 g/mol. The van der Waals surface area contributed by atoms with Gasteiger partial charge in [-0.25, -0.2) is 4.79 Å². The average Bonchev–Trinajstić information content (AvgIpc) is 2.32. The number of nitrogens with zero attached hydrogens (tertiary/aromatic N) is 1. The minimum atomic E-state index is -0.425. The van der Waals surface area contributed by atoms with Crippen molar-refractivity contribution in [2.24, 2.45) is 0 Å². The fourth-order valence-corrected chi connectivity index (χ4v) is 1.28. The molecule has 3 nitrogen and oxygen atoms in total. The first-order valence-corrected chi connectivity index (χ1v) is 4.74. The van der Waals surface area contributed by atoms with Crippen LogP contribution in [0.4, 0.5) is 4.79 Å². The van der Waals surface area contributed by atoms with Crippen LogP contribution in [0.1, 0.15) is 20.8 Å². The highest BCUT2D eigenvalue weighted by Crippen LogP contribution is 2.17. The lowest BCUT2D eigenvalue weighted by atomic mass is 10.2. The van der Waals surface area contributed by atoms with E-state index in [0.717, 1.165) is 0 Å². The van der Waals surface area contributed by atoms with Crippen LogP contribution in [0, 0.1) is 6.20 Å². The largest absolute Gasteiger partial charge is 0.443 e. The third-order valence-corrected chi connectivity index (χ3v) is 1.79. The lowest BCUT2D eigenvalue weighted by molar-refractivity contribution is 0.0355. The molecule has 0 saturated carbocycles. The van der Waals surface area contributed by atoms with E-state index in [9.17, 15) is 4.79 Å². The summed E-state index contributed by atoms with van der Waals surface area (Å²) in [6.45, 7) is 5.54. The maximum Gasteiger partial charge on any atom is 0.415 e. The highest BCUT2D eigenvalue weighted by molar-refractivity contribution is 8.02. The van der Waals surface area contributed by atoms with Crippen molar-refractivity contribution in [3.05, 3.63) is 11.6 Å². The zero-order valence-corrected chi connectivity index (χ0v) is 8.27. The molecular formula is C8H12NO2S. The summed E-state index contributed by atoms with van der Waals surface area (Å²) in [6.07, 6.45) is 2.45. The van der Waals surface area contributed by atoms with Gasteiger partial charge < -0.3 is 4.74 Å². The van der Waals surface area contributed by atoms with Crippen LogP contribution in [-0.2, 0) is 4.74 Å². The van der Waals surface area contributed by atoms with Gasteiger partial charge in [0.15, 0.2) is 0 Å². The predicted molar refractivity (Wildman–Crippen MR) is 48.3 cm³/mol. The third-order valence-electron chi connectivity index (χ3n) is 1.11. The van der Waals surface area contributed by atoms with E-state index in [4.69, 9.17) is 4.74 Å². The standard InChI is InChI=1S/C8H12NO2S/c1-8(2,3)11-7(10)9-4-5-12-6-9/h5H,6H2,1-3H3. The molecule has 1 aliphatic rings. The maximum absolute atomic E-state index is 11.3. The summed E-state index contributed by atoms with van der Waals surface area (Å²) in [6, 6.07) is 0. The topological polar surface area (TPSA) is 29.5 Å². The second-order valence-electron chi connectivity index (χ2n) is 3.45. The van der Waals surface area contributed by atoms with Gasteiger partial charge >= 0.3 is 6.09 Å². The van der Waals surface area contributed by atoms with Gasteiger partial charge in [-0.05, 0) is 26.2 Å². The van der Waals surface area contributed by atoms with Crippen LogP contribution in [0.3, 0.4) is 0 Å². The van der Waals surface area contributed by atoms with Crippen molar-refractivity contribution < 1.29 is 9.53 Å². The Hall–Kier alpha value is -0.640. The minimum absolute atomic E-state index is 0.330. The Morgan fingerprint density at radius 2 is 2.33 bits per heavy atom. The van der Waals surface area contributed by atoms with Crippen LogP contribution >= 0.6 is 11.8 Å². The van der Waals surface area contributed by atoms with Crippen molar-refractivity contribution in [1.29, 1.82) is 0 Å². The molecule has 1 amide bonds. The minimum Gasteiger partial charge on any atom is -0.443 e. The Bertz CT molecular complexity index is 208. The van der Waals surface area contributed by atoms with Gasteiger partial charge in [0.1, 0.15) is 5.60 Å². The van der Waals surface area contributed by atoms with Crippen molar-refractivity contribution in [2.45, 2.75) is 26.4 Å². The Labute approximate surface area is 76.8 Å². The lowest BCUT2D eigenvalue weighted by Gasteiger charge is -2.22. The molecule has 0 aromatic rings. The van der Waals surface area contributed by atoms with Gasteiger partial charge in [0.2, 0.25) is 0 Å². The number of carbonyl (C=O) groups is 1. The molecule has 67 valence electrons. The molecule has 1 radical (unpaired) electrons. The highest BCUT2D eigenvalue weighted by Gasteiger charge is 2.22. The molecule has 0 aliphatic carbocycles. The third kappa shape index (κ3) is 2.77. The second kappa shape index (κ2) is 3.39. The van der Waals surface area contributed by atoms with Crippen molar-refractivity contribution >= 4 is 17.9 Å². The van der Waals surface area contributed by atoms with Crippen LogP contribution < -0.4 is 0 Å². The molecule has 1 heterocycles. The molecule has 0 unspecified atom stereocenters. The van der Waals surface area contributed by atoms with Crippen molar-refractivity contribution in [3.8, 4) is 0 Å². The fourth-order valence-electron chi connectivity index (χ4n) is 0.672. The molecule has 1 aliphatic heterocycles. The first kappa shape index (κ1) is 9.45.